The van der Waals surface area contributed by atoms with Gasteiger partial charge in [0.25, 0.3) is 0 Å². The van der Waals surface area contributed by atoms with E-state index in [9.17, 15) is 4.79 Å². The van der Waals surface area contributed by atoms with Crippen LogP contribution in [0.25, 0.3) is 10.2 Å². The second kappa shape index (κ2) is 6.28. The van der Waals surface area contributed by atoms with Crippen molar-refractivity contribution < 1.29 is 9.90 Å². The van der Waals surface area contributed by atoms with Crippen LogP contribution in [0.3, 0.4) is 0 Å². The number of para-hydroxylation sites is 1. The summed E-state index contributed by atoms with van der Waals surface area (Å²) in [6.45, 7) is 0. The molecule has 106 valence electrons. The van der Waals surface area contributed by atoms with Gasteiger partial charge >= 0.3 is 5.97 Å². The third-order valence-electron chi connectivity index (χ3n) is 2.98. The minimum atomic E-state index is -0.801. The molecule has 21 heavy (non-hydrogen) atoms. The number of fused-ring (bicyclic) bond motifs is 1. The predicted molar refractivity (Wildman–Crippen MR) is 87.0 cm³/mol. The summed E-state index contributed by atoms with van der Waals surface area (Å²) in [5.74, 6) is 0.0299. The first-order valence-electron chi connectivity index (χ1n) is 6.49. The molecule has 0 aliphatic rings. The summed E-state index contributed by atoms with van der Waals surface area (Å²) in [7, 11) is 0. The molecule has 0 bridgehead atoms. The Balaban J connectivity index is 1.65. The number of aromatic nitrogens is 1. The molecule has 5 heteroatoms. The van der Waals surface area contributed by atoms with Gasteiger partial charge in [0.15, 0.2) is 0 Å². The maximum atomic E-state index is 10.6. The Morgan fingerprint density at radius 2 is 1.90 bits per heavy atom. The molecular weight excluding hydrogens is 302 g/mol. The molecule has 0 aliphatic carbocycles. The molecule has 0 fully saturated rings. The number of carboxylic acids is 1. The van der Waals surface area contributed by atoms with Gasteiger partial charge < -0.3 is 5.11 Å². The Morgan fingerprint density at radius 3 is 2.62 bits per heavy atom. The van der Waals surface area contributed by atoms with E-state index in [-0.39, 0.29) is 6.42 Å². The van der Waals surface area contributed by atoms with Crippen molar-refractivity contribution in [1.29, 1.82) is 0 Å². The number of carboxylic acid groups (broad SMARTS) is 1. The zero-order chi connectivity index (χ0) is 14.7. The van der Waals surface area contributed by atoms with Gasteiger partial charge in [0.05, 0.1) is 22.4 Å². The van der Waals surface area contributed by atoms with Gasteiger partial charge in [0, 0.05) is 4.90 Å². The fourth-order valence-corrected chi connectivity index (χ4v) is 3.86. The van der Waals surface area contributed by atoms with Crippen LogP contribution >= 0.6 is 23.1 Å². The SMILES string of the molecule is O=C(O)Cc1ccc(SCc2nc3ccccc3s2)cc1. The molecule has 3 nitrogen and oxygen atoms in total. The number of aliphatic carboxylic acids is 1. The molecule has 0 radical (unpaired) electrons. The first-order valence-corrected chi connectivity index (χ1v) is 8.29. The van der Waals surface area contributed by atoms with Gasteiger partial charge in [-0.25, -0.2) is 4.98 Å². The minimum absolute atomic E-state index is 0.0722. The first-order chi connectivity index (χ1) is 10.2. The highest BCUT2D eigenvalue weighted by Crippen LogP contribution is 2.28. The van der Waals surface area contributed by atoms with E-state index in [1.165, 1.54) is 4.70 Å². The number of hydrogen-bond acceptors (Lipinski definition) is 4. The maximum absolute atomic E-state index is 10.6. The fourth-order valence-electron chi connectivity index (χ4n) is 2.00. The predicted octanol–water partition coefficient (Wildman–Crippen LogP) is 4.22. The summed E-state index contributed by atoms with van der Waals surface area (Å²) in [5, 5.41) is 9.85. The number of rotatable bonds is 5. The highest BCUT2D eigenvalue weighted by atomic mass is 32.2. The highest BCUT2D eigenvalue weighted by molar-refractivity contribution is 7.98. The molecule has 1 aromatic heterocycles. The van der Waals surface area contributed by atoms with Gasteiger partial charge in [-0.3, -0.25) is 4.79 Å². The molecule has 2 aromatic carbocycles. The molecule has 0 spiro atoms. The topological polar surface area (TPSA) is 50.2 Å². The van der Waals surface area contributed by atoms with E-state index in [0.717, 1.165) is 26.7 Å². The normalized spacial score (nSPS) is 10.9. The number of hydrogen-bond donors (Lipinski definition) is 1. The van der Waals surface area contributed by atoms with Crippen LogP contribution in [0.15, 0.2) is 53.4 Å². The third kappa shape index (κ3) is 3.62. The summed E-state index contributed by atoms with van der Waals surface area (Å²) in [5.41, 5.74) is 1.88. The van der Waals surface area contributed by atoms with Crippen molar-refractivity contribution in [3.63, 3.8) is 0 Å². The van der Waals surface area contributed by atoms with Crippen molar-refractivity contribution in [2.45, 2.75) is 17.1 Å². The smallest absolute Gasteiger partial charge is 0.307 e. The summed E-state index contributed by atoms with van der Waals surface area (Å²) in [6, 6.07) is 15.8. The molecule has 1 N–H and O–H groups in total. The van der Waals surface area contributed by atoms with Gasteiger partial charge in [-0.05, 0) is 29.8 Å². The van der Waals surface area contributed by atoms with Gasteiger partial charge in [-0.2, -0.15) is 0 Å². The molecule has 0 aliphatic heterocycles. The first kappa shape index (κ1) is 14.1. The summed E-state index contributed by atoms with van der Waals surface area (Å²) >= 11 is 3.44. The Labute approximate surface area is 130 Å². The molecule has 0 amide bonds. The van der Waals surface area contributed by atoms with E-state index in [0.29, 0.717) is 0 Å². The van der Waals surface area contributed by atoms with Crippen LogP contribution in [-0.4, -0.2) is 16.1 Å². The van der Waals surface area contributed by atoms with Gasteiger partial charge in [-0.15, -0.1) is 23.1 Å². The standard InChI is InChI=1S/C16H13NO2S2/c18-16(19)9-11-5-7-12(8-6-11)20-10-15-17-13-3-1-2-4-14(13)21-15/h1-8H,9-10H2,(H,18,19). The van der Waals surface area contributed by atoms with E-state index in [1.807, 2.05) is 42.5 Å². The number of nitrogens with zero attached hydrogens (tertiary/aromatic N) is 1. The van der Waals surface area contributed by atoms with Gasteiger partial charge in [0.2, 0.25) is 0 Å². The molecule has 0 atom stereocenters. The zero-order valence-electron chi connectivity index (χ0n) is 11.2. The zero-order valence-corrected chi connectivity index (χ0v) is 12.8. The van der Waals surface area contributed by atoms with Crippen LogP contribution in [-0.2, 0) is 17.0 Å². The number of carbonyl (C=O) groups is 1. The van der Waals surface area contributed by atoms with Gasteiger partial charge in [-0.1, -0.05) is 24.3 Å². The van der Waals surface area contributed by atoms with Crippen molar-refractivity contribution in [2.75, 3.05) is 0 Å². The molecule has 3 rings (SSSR count). The van der Waals surface area contributed by atoms with E-state index in [4.69, 9.17) is 5.11 Å². The van der Waals surface area contributed by atoms with Crippen molar-refractivity contribution in [1.82, 2.24) is 4.98 Å². The number of thiazole rings is 1. The van der Waals surface area contributed by atoms with E-state index in [2.05, 4.69) is 11.1 Å². The van der Waals surface area contributed by atoms with Crippen LogP contribution in [0.5, 0.6) is 0 Å². The quantitative estimate of drug-likeness (QED) is 0.716. The maximum Gasteiger partial charge on any atom is 0.307 e. The lowest BCUT2D eigenvalue weighted by atomic mass is 10.2. The molecule has 0 saturated carbocycles. The van der Waals surface area contributed by atoms with Crippen molar-refractivity contribution in [3.8, 4) is 0 Å². The van der Waals surface area contributed by atoms with E-state index < -0.39 is 5.97 Å². The van der Waals surface area contributed by atoms with Crippen LogP contribution in [0.4, 0.5) is 0 Å². The Hall–Kier alpha value is -1.85. The lowest BCUT2D eigenvalue weighted by molar-refractivity contribution is -0.136. The average Bonchev–Trinajstić information content (AvgIpc) is 2.89. The summed E-state index contributed by atoms with van der Waals surface area (Å²) in [4.78, 5) is 16.4. The molecule has 3 aromatic rings. The monoisotopic (exact) mass is 315 g/mol. The van der Waals surface area contributed by atoms with E-state index >= 15 is 0 Å². The average molecular weight is 315 g/mol. The second-order valence-corrected chi connectivity index (χ2v) is 6.74. The minimum Gasteiger partial charge on any atom is -0.481 e. The van der Waals surface area contributed by atoms with Crippen molar-refractivity contribution in [2.24, 2.45) is 0 Å². The van der Waals surface area contributed by atoms with Crippen LogP contribution in [0.1, 0.15) is 10.6 Å². The van der Waals surface area contributed by atoms with Crippen LogP contribution < -0.4 is 0 Å². The Kier molecular flexibility index (Phi) is 4.22. The van der Waals surface area contributed by atoms with Crippen molar-refractivity contribution in [3.05, 3.63) is 59.1 Å². The lowest BCUT2D eigenvalue weighted by Gasteiger charge is -2.01. The van der Waals surface area contributed by atoms with E-state index in [1.54, 1.807) is 23.1 Å². The largest absolute Gasteiger partial charge is 0.481 e. The summed E-state index contributed by atoms with van der Waals surface area (Å²) in [6.07, 6.45) is 0.0722. The van der Waals surface area contributed by atoms with Crippen LogP contribution in [0.2, 0.25) is 0 Å². The van der Waals surface area contributed by atoms with Crippen molar-refractivity contribution >= 4 is 39.3 Å². The number of thioether (sulfide) groups is 1. The third-order valence-corrected chi connectivity index (χ3v) is 5.22. The highest BCUT2D eigenvalue weighted by Gasteiger charge is 2.05. The second-order valence-electron chi connectivity index (χ2n) is 4.58. The lowest BCUT2D eigenvalue weighted by Crippen LogP contribution is -1.99. The molecule has 0 saturated heterocycles. The fraction of sp³-hybridized carbons (Fsp3) is 0.125. The summed E-state index contributed by atoms with van der Waals surface area (Å²) < 4.78 is 1.21. The molecule has 1 heterocycles. The Morgan fingerprint density at radius 1 is 1.14 bits per heavy atom. The molecular formula is C16H13NO2S2. The van der Waals surface area contributed by atoms with Gasteiger partial charge in [0.1, 0.15) is 5.01 Å². The molecule has 0 unspecified atom stereocenters. The number of benzene rings is 2. The Bertz CT molecular complexity index is 732. The van der Waals surface area contributed by atoms with Crippen LogP contribution in [0, 0.1) is 0 Å².